The van der Waals surface area contributed by atoms with Crippen LogP contribution < -0.4 is 0 Å². The predicted molar refractivity (Wildman–Crippen MR) is 101 cm³/mol. The summed E-state index contributed by atoms with van der Waals surface area (Å²) in [4.78, 5) is 39.2. The van der Waals surface area contributed by atoms with E-state index in [2.05, 4.69) is 15.2 Å². The number of fused-ring (bicyclic) bond motifs is 1. The lowest BCUT2D eigenvalue weighted by molar-refractivity contribution is -0.384. The van der Waals surface area contributed by atoms with Crippen molar-refractivity contribution in [3.63, 3.8) is 0 Å². The molecule has 4 rings (SSSR count). The zero-order chi connectivity index (χ0) is 19.7. The Hall–Kier alpha value is -3.53. The van der Waals surface area contributed by atoms with Crippen molar-refractivity contribution in [1.29, 1.82) is 0 Å². The number of aromatic amines is 1. The van der Waals surface area contributed by atoms with Crippen molar-refractivity contribution in [3.8, 4) is 11.4 Å². The summed E-state index contributed by atoms with van der Waals surface area (Å²) in [6.45, 7) is 0.255. The molecule has 3 aromatic rings. The van der Waals surface area contributed by atoms with Gasteiger partial charge in [-0.15, -0.1) is 10.2 Å². The summed E-state index contributed by atoms with van der Waals surface area (Å²) in [7, 11) is 0. The van der Waals surface area contributed by atoms with Crippen LogP contribution in [-0.4, -0.2) is 49.1 Å². The summed E-state index contributed by atoms with van der Waals surface area (Å²) >= 11 is 1.33. The average Bonchev–Trinajstić information content (AvgIpc) is 3.27. The Kier molecular flexibility index (Phi) is 4.62. The number of aromatic nitrogens is 3. The molecule has 0 bridgehead atoms. The molecule has 0 unspecified atom stereocenters. The Morgan fingerprint density at radius 2 is 1.64 bits per heavy atom. The number of imide groups is 1. The molecule has 0 saturated carbocycles. The second kappa shape index (κ2) is 7.24. The van der Waals surface area contributed by atoms with E-state index in [0.717, 1.165) is 0 Å². The highest BCUT2D eigenvalue weighted by Crippen LogP contribution is 2.24. The molecule has 9 nitrogen and oxygen atoms in total. The van der Waals surface area contributed by atoms with Gasteiger partial charge in [0, 0.05) is 30.0 Å². The van der Waals surface area contributed by atoms with Crippen molar-refractivity contribution in [2.24, 2.45) is 0 Å². The summed E-state index contributed by atoms with van der Waals surface area (Å²) in [5, 5.41) is 19.3. The van der Waals surface area contributed by atoms with Crippen molar-refractivity contribution in [1.82, 2.24) is 20.1 Å². The highest BCUT2D eigenvalue weighted by molar-refractivity contribution is 7.99. The van der Waals surface area contributed by atoms with Gasteiger partial charge in [-0.1, -0.05) is 23.9 Å². The third-order valence-electron chi connectivity index (χ3n) is 4.25. The molecule has 0 radical (unpaired) electrons. The summed E-state index contributed by atoms with van der Waals surface area (Å²) in [5.41, 5.74) is 1.53. The first-order chi connectivity index (χ1) is 13.5. The highest BCUT2D eigenvalue weighted by atomic mass is 32.2. The molecule has 2 heterocycles. The van der Waals surface area contributed by atoms with Crippen molar-refractivity contribution < 1.29 is 14.5 Å². The third-order valence-corrected chi connectivity index (χ3v) is 5.09. The van der Waals surface area contributed by atoms with Crippen LogP contribution in [0.4, 0.5) is 5.69 Å². The fourth-order valence-corrected chi connectivity index (χ4v) is 3.59. The van der Waals surface area contributed by atoms with Gasteiger partial charge in [0.05, 0.1) is 16.1 Å². The first kappa shape index (κ1) is 17.9. The van der Waals surface area contributed by atoms with Crippen molar-refractivity contribution >= 4 is 29.3 Å². The zero-order valence-corrected chi connectivity index (χ0v) is 15.2. The van der Waals surface area contributed by atoms with Crippen molar-refractivity contribution in [2.45, 2.75) is 5.16 Å². The molecular weight excluding hydrogens is 382 g/mol. The number of nitrogens with zero attached hydrogens (tertiary/aromatic N) is 4. The lowest BCUT2D eigenvalue weighted by atomic mass is 10.1. The minimum Gasteiger partial charge on any atom is -0.316 e. The number of carbonyl (C=O) groups is 2. The van der Waals surface area contributed by atoms with Gasteiger partial charge in [-0.25, -0.2) is 0 Å². The van der Waals surface area contributed by atoms with Crippen LogP contribution >= 0.6 is 11.8 Å². The second-order valence-corrected chi connectivity index (χ2v) is 7.02. The zero-order valence-electron chi connectivity index (χ0n) is 14.4. The van der Waals surface area contributed by atoms with Gasteiger partial charge < -0.3 is 4.98 Å². The number of benzene rings is 2. The van der Waals surface area contributed by atoms with Crippen LogP contribution in [0.25, 0.3) is 11.4 Å². The Balaban J connectivity index is 1.37. The minimum absolute atomic E-state index is 0.00110. The summed E-state index contributed by atoms with van der Waals surface area (Å²) in [6.07, 6.45) is 0. The molecule has 1 N–H and O–H groups in total. The third kappa shape index (κ3) is 3.25. The van der Waals surface area contributed by atoms with E-state index in [1.807, 2.05) is 0 Å². The van der Waals surface area contributed by atoms with Crippen LogP contribution in [0.5, 0.6) is 0 Å². The summed E-state index contributed by atoms with van der Waals surface area (Å²) in [5.74, 6) is 0.370. The number of non-ortho nitro benzene ring substituents is 1. The number of nitro benzene ring substituents is 1. The second-order valence-electron chi connectivity index (χ2n) is 5.94. The smallest absolute Gasteiger partial charge is 0.269 e. The van der Waals surface area contributed by atoms with Gasteiger partial charge in [-0.2, -0.15) is 0 Å². The molecule has 0 aliphatic carbocycles. The topological polar surface area (TPSA) is 122 Å². The molecule has 140 valence electrons. The number of rotatable bonds is 6. The maximum absolute atomic E-state index is 12.3. The number of thioether (sulfide) groups is 1. The Morgan fingerprint density at radius 1 is 1.00 bits per heavy atom. The van der Waals surface area contributed by atoms with Crippen LogP contribution in [0.3, 0.4) is 0 Å². The molecule has 2 aromatic carbocycles. The maximum Gasteiger partial charge on any atom is 0.269 e. The fourth-order valence-electron chi connectivity index (χ4n) is 2.86. The highest BCUT2D eigenvalue weighted by Gasteiger charge is 2.34. The number of nitrogens with one attached hydrogen (secondary N) is 1. The Morgan fingerprint density at radius 3 is 2.25 bits per heavy atom. The molecule has 1 aliphatic heterocycles. The lowest BCUT2D eigenvalue weighted by Gasteiger charge is -2.12. The standard InChI is InChI=1S/C18H13N5O4S/c24-16-13-3-1-2-4-14(13)17(25)22(16)9-10-28-18-19-15(20-21-18)11-5-7-12(8-6-11)23(26)27/h1-8H,9-10H2,(H,19,20,21). The number of nitro groups is 1. The molecule has 1 aliphatic rings. The van der Waals surface area contributed by atoms with E-state index in [1.54, 1.807) is 36.4 Å². The normalized spacial score (nSPS) is 13.1. The number of H-pyrrole nitrogens is 1. The van der Waals surface area contributed by atoms with Crippen molar-refractivity contribution in [3.05, 3.63) is 69.8 Å². The van der Waals surface area contributed by atoms with Gasteiger partial charge in [0.1, 0.15) is 0 Å². The lowest BCUT2D eigenvalue weighted by Crippen LogP contribution is -2.31. The molecular formula is C18H13N5O4S. The molecule has 1 aromatic heterocycles. The van der Waals surface area contributed by atoms with E-state index < -0.39 is 4.92 Å². The van der Waals surface area contributed by atoms with Crippen LogP contribution in [-0.2, 0) is 0 Å². The van der Waals surface area contributed by atoms with E-state index in [9.17, 15) is 19.7 Å². The number of amides is 2. The van der Waals surface area contributed by atoms with E-state index >= 15 is 0 Å². The first-order valence-electron chi connectivity index (χ1n) is 8.30. The molecule has 0 atom stereocenters. The largest absolute Gasteiger partial charge is 0.316 e. The van der Waals surface area contributed by atoms with Gasteiger partial charge in [-0.05, 0) is 24.3 Å². The van der Waals surface area contributed by atoms with Gasteiger partial charge in [0.25, 0.3) is 17.5 Å². The van der Waals surface area contributed by atoms with Gasteiger partial charge in [0.2, 0.25) is 0 Å². The van der Waals surface area contributed by atoms with Crippen LogP contribution in [0.2, 0.25) is 0 Å². The Bertz CT molecular complexity index is 1040. The van der Waals surface area contributed by atoms with E-state index in [0.29, 0.717) is 33.4 Å². The van der Waals surface area contributed by atoms with Crippen molar-refractivity contribution in [2.75, 3.05) is 12.3 Å². The van der Waals surface area contributed by atoms with Gasteiger partial charge in [0.15, 0.2) is 11.0 Å². The first-order valence-corrected chi connectivity index (χ1v) is 9.28. The summed E-state index contributed by atoms with van der Waals surface area (Å²) in [6, 6.07) is 12.7. The van der Waals surface area contributed by atoms with Gasteiger partial charge in [-0.3, -0.25) is 24.6 Å². The van der Waals surface area contributed by atoms with Crippen LogP contribution in [0.1, 0.15) is 20.7 Å². The van der Waals surface area contributed by atoms with Crippen LogP contribution in [0.15, 0.2) is 53.7 Å². The maximum atomic E-state index is 12.3. The monoisotopic (exact) mass is 395 g/mol. The molecule has 0 fully saturated rings. The molecule has 10 heteroatoms. The molecule has 0 saturated heterocycles. The minimum atomic E-state index is -0.468. The van der Waals surface area contributed by atoms with E-state index in [4.69, 9.17) is 0 Å². The number of hydrogen-bond acceptors (Lipinski definition) is 7. The van der Waals surface area contributed by atoms with E-state index in [-0.39, 0.29) is 24.0 Å². The molecule has 2 amide bonds. The van der Waals surface area contributed by atoms with Crippen LogP contribution in [0, 0.1) is 10.1 Å². The molecule has 28 heavy (non-hydrogen) atoms. The predicted octanol–water partition coefficient (Wildman–Crippen LogP) is 2.77. The quantitative estimate of drug-likeness (QED) is 0.295. The van der Waals surface area contributed by atoms with Gasteiger partial charge >= 0.3 is 0 Å². The fraction of sp³-hybridized carbons (Fsp3) is 0.111. The number of hydrogen-bond donors (Lipinski definition) is 1. The Labute approximate surface area is 162 Å². The van der Waals surface area contributed by atoms with E-state index in [1.165, 1.54) is 28.8 Å². The molecule has 0 spiro atoms. The average molecular weight is 395 g/mol. The SMILES string of the molecule is O=C1c2ccccc2C(=O)N1CCSc1nnc(-c2ccc([N+](=O)[O-])cc2)[nH]1. The number of carbonyl (C=O) groups excluding carboxylic acids is 2. The summed E-state index contributed by atoms with van der Waals surface area (Å²) < 4.78 is 0.